The van der Waals surface area contributed by atoms with Crippen LogP contribution in [0, 0.1) is 5.82 Å². The maximum Gasteiger partial charge on any atom is 0.313 e. The number of aromatic nitrogens is 2. The second kappa shape index (κ2) is 5.22. The Hall–Kier alpha value is -1.82. The van der Waals surface area contributed by atoms with Crippen LogP contribution in [0.3, 0.4) is 0 Å². The Kier molecular flexibility index (Phi) is 3.66. The van der Waals surface area contributed by atoms with Crippen LogP contribution in [-0.4, -0.2) is 26.4 Å². The molecule has 0 unspecified atom stereocenters. The number of imidazole rings is 1. The number of thioether (sulfide) groups is 1. The normalized spacial score (nSPS) is 10.7. The van der Waals surface area contributed by atoms with Gasteiger partial charge in [-0.25, -0.2) is 9.37 Å². The number of benzene rings is 1. The molecule has 0 atom stereocenters. The smallest absolute Gasteiger partial charge is 0.313 e. The molecule has 0 radical (unpaired) electrons. The van der Waals surface area contributed by atoms with Crippen molar-refractivity contribution in [1.29, 1.82) is 0 Å². The van der Waals surface area contributed by atoms with Gasteiger partial charge in [0.2, 0.25) is 0 Å². The van der Waals surface area contributed by atoms with Crippen molar-refractivity contribution in [2.75, 3.05) is 5.75 Å². The molecule has 0 saturated heterocycles. The highest BCUT2D eigenvalue weighted by atomic mass is 32.2. The summed E-state index contributed by atoms with van der Waals surface area (Å²) in [5.41, 5.74) is 1.29. The van der Waals surface area contributed by atoms with E-state index in [1.807, 2.05) is 4.57 Å². The maximum atomic E-state index is 13.1. The molecule has 0 saturated carbocycles. The fourth-order valence-electron chi connectivity index (χ4n) is 1.62. The van der Waals surface area contributed by atoms with E-state index in [-0.39, 0.29) is 11.6 Å². The van der Waals surface area contributed by atoms with E-state index in [1.165, 1.54) is 12.1 Å². The number of nitrogens with zero attached hydrogens (tertiary/aromatic N) is 2. The summed E-state index contributed by atoms with van der Waals surface area (Å²) in [4.78, 5) is 14.8. The average molecular weight is 266 g/mol. The van der Waals surface area contributed by atoms with Crippen molar-refractivity contribution in [2.45, 2.75) is 11.7 Å². The van der Waals surface area contributed by atoms with Crippen LogP contribution < -0.4 is 0 Å². The molecule has 0 fully saturated rings. The molecule has 0 aliphatic rings. The summed E-state index contributed by atoms with van der Waals surface area (Å²) in [6, 6.07) is 4.32. The van der Waals surface area contributed by atoms with Crippen molar-refractivity contribution >= 4 is 28.8 Å². The molecule has 4 nitrogen and oxygen atoms in total. The van der Waals surface area contributed by atoms with E-state index in [0.29, 0.717) is 17.2 Å². The van der Waals surface area contributed by atoms with Crippen molar-refractivity contribution in [3.8, 4) is 0 Å². The molecule has 1 aromatic heterocycles. The third kappa shape index (κ3) is 2.53. The van der Waals surface area contributed by atoms with Crippen LogP contribution >= 0.6 is 11.8 Å². The Bertz CT molecular complexity index is 609. The maximum absolute atomic E-state index is 13.1. The molecular formula is C12H11FN2O2S. The fourth-order valence-corrected chi connectivity index (χ4v) is 2.37. The number of hydrogen-bond acceptors (Lipinski definition) is 3. The summed E-state index contributed by atoms with van der Waals surface area (Å²) in [6.45, 7) is 4.15. The lowest BCUT2D eigenvalue weighted by Gasteiger charge is -2.04. The summed E-state index contributed by atoms with van der Waals surface area (Å²) in [5.74, 6) is -1.35. The summed E-state index contributed by atoms with van der Waals surface area (Å²) in [5, 5.41) is 9.23. The predicted molar refractivity (Wildman–Crippen MR) is 68.2 cm³/mol. The first-order chi connectivity index (χ1) is 8.61. The zero-order valence-electron chi connectivity index (χ0n) is 9.47. The molecule has 1 heterocycles. The van der Waals surface area contributed by atoms with E-state index in [2.05, 4.69) is 11.6 Å². The third-order valence-corrected chi connectivity index (χ3v) is 3.27. The van der Waals surface area contributed by atoms with Gasteiger partial charge in [-0.15, -0.1) is 6.58 Å². The van der Waals surface area contributed by atoms with Crippen LogP contribution in [0.15, 0.2) is 36.0 Å². The van der Waals surface area contributed by atoms with Crippen molar-refractivity contribution in [3.05, 3.63) is 36.7 Å². The minimum Gasteiger partial charge on any atom is -0.481 e. The minimum absolute atomic E-state index is 0.0804. The zero-order chi connectivity index (χ0) is 13.1. The van der Waals surface area contributed by atoms with Crippen molar-refractivity contribution in [1.82, 2.24) is 9.55 Å². The molecule has 1 N–H and O–H groups in total. The first-order valence-corrected chi connectivity index (χ1v) is 6.21. The molecule has 0 bridgehead atoms. The number of fused-ring (bicyclic) bond motifs is 1. The number of allylic oxidation sites excluding steroid dienone is 1. The SMILES string of the molecule is C=CCn1c(SCC(=O)O)nc2cc(F)ccc21. The van der Waals surface area contributed by atoms with Crippen LogP contribution in [0.1, 0.15) is 0 Å². The Labute approximate surface area is 107 Å². The lowest BCUT2D eigenvalue weighted by atomic mass is 10.3. The van der Waals surface area contributed by atoms with Crippen LogP contribution in [-0.2, 0) is 11.3 Å². The second-order valence-electron chi connectivity index (χ2n) is 3.61. The first kappa shape index (κ1) is 12.6. The number of hydrogen-bond donors (Lipinski definition) is 1. The zero-order valence-corrected chi connectivity index (χ0v) is 10.3. The van der Waals surface area contributed by atoms with Gasteiger partial charge in [0.05, 0.1) is 16.8 Å². The van der Waals surface area contributed by atoms with Gasteiger partial charge in [0.1, 0.15) is 5.82 Å². The van der Waals surface area contributed by atoms with Gasteiger partial charge in [-0.05, 0) is 12.1 Å². The number of rotatable bonds is 5. The monoisotopic (exact) mass is 266 g/mol. The van der Waals surface area contributed by atoms with E-state index >= 15 is 0 Å². The van der Waals surface area contributed by atoms with Crippen molar-refractivity contribution in [3.63, 3.8) is 0 Å². The molecule has 2 aromatic rings. The Balaban J connectivity index is 2.46. The molecule has 94 valence electrons. The highest BCUT2D eigenvalue weighted by Crippen LogP contribution is 2.24. The van der Waals surface area contributed by atoms with Gasteiger partial charge in [-0.2, -0.15) is 0 Å². The van der Waals surface area contributed by atoms with Crippen LogP contribution in [0.5, 0.6) is 0 Å². The summed E-state index contributed by atoms with van der Waals surface area (Å²) >= 11 is 1.11. The quantitative estimate of drug-likeness (QED) is 0.667. The third-order valence-electron chi connectivity index (χ3n) is 2.31. The number of carbonyl (C=O) groups is 1. The molecule has 0 aliphatic carbocycles. The topological polar surface area (TPSA) is 55.1 Å². The van der Waals surface area contributed by atoms with Crippen LogP contribution in [0.2, 0.25) is 0 Å². The number of aliphatic carboxylic acids is 1. The molecule has 6 heteroatoms. The Morgan fingerprint density at radius 3 is 3.06 bits per heavy atom. The van der Waals surface area contributed by atoms with Crippen molar-refractivity contribution in [2.24, 2.45) is 0 Å². The number of carboxylic acid groups (broad SMARTS) is 1. The fraction of sp³-hybridized carbons (Fsp3) is 0.167. The standard InChI is InChI=1S/C12H11FN2O2S/c1-2-5-15-10-4-3-8(13)6-9(10)14-12(15)18-7-11(16)17/h2-4,6H,1,5,7H2,(H,16,17). The van der Waals surface area contributed by atoms with Gasteiger partial charge < -0.3 is 9.67 Å². The molecule has 0 aliphatic heterocycles. The van der Waals surface area contributed by atoms with Gasteiger partial charge in [-0.1, -0.05) is 17.8 Å². The van der Waals surface area contributed by atoms with E-state index in [0.717, 1.165) is 17.3 Å². The van der Waals surface area contributed by atoms with Gasteiger partial charge in [0.25, 0.3) is 0 Å². The highest BCUT2D eigenvalue weighted by molar-refractivity contribution is 7.99. The second-order valence-corrected chi connectivity index (χ2v) is 4.55. The molecule has 2 rings (SSSR count). The molecule has 1 aromatic carbocycles. The molecule has 0 spiro atoms. The summed E-state index contributed by atoms with van der Waals surface area (Å²) < 4.78 is 14.9. The van der Waals surface area contributed by atoms with Crippen LogP contribution in [0.4, 0.5) is 4.39 Å². The number of halogens is 1. The van der Waals surface area contributed by atoms with Gasteiger partial charge >= 0.3 is 5.97 Å². The largest absolute Gasteiger partial charge is 0.481 e. The lowest BCUT2D eigenvalue weighted by molar-refractivity contribution is -0.133. The first-order valence-electron chi connectivity index (χ1n) is 5.23. The summed E-state index contributed by atoms with van der Waals surface area (Å²) in [7, 11) is 0. The summed E-state index contributed by atoms with van der Waals surface area (Å²) in [6.07, 6.45) is 1.69. The van der Waals surface area contributed by atoms with E-state index in [4.69, 9.17) is 5.11 Å². The number of carboxylic acids is 1. The Morgan fingerprint density at radius 2 is 2.39 bits per heavy atom. The predicted octanol–water partition coefficient (Wildman–Crippen LogP) is 2.54. The molecule has 0 amide bonds. The van der Waals surface area contributed by atoms with E-state index < -0.39 is 5.97 Å². The van der Waals surface area contributed by atoms with Crippen LogP contribution in [0.25, 0.3) is 11.0 Å². The average Bonchev–Trinajstić information content (AvgIpc) is 2.64. The Morgan fingerprint density at radius 1 is 1.61 bits per heavy atom. The van der Waals surface area contributed by atoms with Crippen molar-refractivity contribution < 1.29 is 14.3 Å². The molecule has 18 heavy (non-hydrogen) atoms. The lowest BCUT2D eigenvalue weighted by Crippen LogP contribution is -2.02. The molecular weight excluding hydrogens is 255 g/mol. The van der Waals surface area contributed by atoms with E-state index in [1.54, 1.807) is 12.1 Å². The minimum atomic E-state index is -0.914. The van der Waals surface area contributed by atoms with E-state index in [9.17, 15) is 9.18 Å². The van der Waals surface area contributed by atoms with Gasteiger partial charge in [-0.3, -0.25) is 4.79 Å². The van der Waals surface area contributed by atoms with Gasteiger partial charge in [0, 0.05) is 12.6 Å². The van der Waals surface area contributed by atoms with Gasteiger partial charge in [0.15, 0.2) is 5.16 Å². The highest BCUT2D eigenvalue weighted by Gasteiger charge is 2.12.